The van der Waals surface area contributed by atoms with E-state index in [1.54, 1.807) is 12.1 Å². The van der Waals surface area contributed by atoms with Crippen LogP contribution in [0.4, 0.5) is 0 Å². The Bertz CT molecular complexity index is 707. The highest BCUT2D eigenvalue weighted by Gasteiger charge is 2.35. The van der Waals surface area contributed by atoms with Crippen molar-refractivity contribution in [2.45, 2.75) is 37.1 Å². The van der Waals surface area contributed by atoms with Crippen LogP contribution in [0, 0.1) is 11.8 Å². The van der Waals surface area contributed by atoms with Crippen molar-refractivity contribution in [2.75, 3.05) is 27.2 Å². The number of hydrogen-bond donors (Lipinski definition) is 2. The molecule has 8 heteroatoms. The molecule has 2 aliphatic rings. The third-order valence-electron chi connectivity index (χ3n) is 5.44. The molecule has 1 aliphatic carbocycles. The molecule has 0 radical (unpaired) electrons. The third-order valence-corrected chi connectivity index (χ3v) is 6.87. The molecule has 0 spiro atoms. The topological polar surface area (TPSA) is 73.8 Å². The van der Waals surface area contributed by atoms with Crippen molar-refractivity contribution in [3.05, 3.63) is 29.8 Å². The lowest BCUT2D eigenvalue weighted by Gasteiger charge is -2.22. The molecule has 1 saturated heterocycles. The van der Waals surface area contributed by atoms with Gasteiger partial charge in [0.25, 0.3) is 0 Å². The van der Waals surface area contributed by atoms with Crippen molar-refractivity contribution < 1.29 is 8.42 Å². The number of nitrogens with zero attached hydrogens (tertiary/aromatic N) is 2. The fourth-order valence-electron chi connectivity index (χ4n) is 4.00. The van der Waals surface area contributed by atoms with Gasteiger partial charge in [0, 0.05) is 26.7 Å². The quantitative estimate of drug-likeness (QED) is 0.385. The van der Waals surface area contributed by atoms with Crippen LogP contribution in [0.15, 0.2) is 34.2 Å². The van der Waals surface area contributed by atoms with Crippen molar-refractivity contribution in [1.82, 2.24) is 14.9 Å². The highest BCUT2D eigenvalue weighted by molar-refractivity contribution is 14.0. The van der Waals surface area contributed by atoms with E-state index in [0.717, 1.165) is 36.4 Å². The van der Waals surface area contributed by atoms with Gasteiger partial charge in [0.15, 0.2) is 5.96 Å². The molecule has 1 heterocycles. The molecule has 1 aliphatic heterocycles. The zero-order valence-corrected chi connectivity index (χ0v) is 18.6. The van der Waals surface area contributed by atoms with E-state index in [0.29, 0.717) is 6.54 Å². The molecule has 1 aromatic carbocycles. The van der Waals surface area contributed by atoms with Crippen LogP contribution >= 0.6 is 24.0 Å². The van der Waals surface area contributed by atoms with Crippen LogP contribution in [0.2, 0.25) is 0 Å². The van der Waals surface area contributed by atoms with E-state index < -0.39 is 10.0 Å². The number of fused-ring (bicyclic) bond motifs is 1. The van der Waals surface area contributed by atoms with Crippen LogP contribution in [0.1, 0.15) is 31.2 Å². The average Bonchev–Trinajstić information content (AvgIpc) is 3.06. The zero-order chi connectivity index (χ0) is 17.9. The SMILES string of the molecule is CN=C(NCc1ccc(S(=O)(=O)NC)cc1)N1CC2CCCCC2C1.I. The Morgan fingerprint density at radius 3 is 2.23 bits per heavy atom. The van der Waals surface area contributed by atoms with E-state index >= 15 is 0 Å². The summed E-state index contributed by atoms with van der Waals surface area (Å²) >= 11 is 0. The first-order valence-electron chi connectivity index (χ1n) is 9.01. The van der Waals surface area contributed by atoms with E-state index in [2.05, 4.69) is 19.9 Å². The lowest BCUT2D eigenvalue weighted by Crippen LogP contribution is -2.39. The standard InChI is InChI=1S/C18H28N4O2S.HI/c1-19-18(22-12-15-5-3-4-6-16(15)13-22)21-11-14-7-9-17(10-8-14)25(23,24)20-2;/h7-10,15-16,20H,3-6,11-13H2,1-2H3,(H,19,21);1H. The number of hydrogen-bond acceptors (Lipinski definition) is 3. The molecule has 2 fully saturated rings. The molecule has 2 N–H and O–H groups in total. The summed E-state index contributed by atoms with van der Waals surface area (Å²) in [5, 5.41) is 3.42. The average molecular weight is 492 g/mol. The lowest BCUT2D eigenvalue weighted by molar-refractivity contribution is 0.299. The Morgan fingerprint density at radius 2 is 1.73 bits per heavy atom. The summed E-state index contributed by atoms with van der Waals surface area (Å²) in [6.45, 7) is 2.84. The van der Waals surface area contributed by atoms with E-state index in [-0.39, 0.29) is 28.9 Å². The molecule has 2 atom stereocenters. The van der Waals surface area contributed by atoms with Gasteiger partial charge in [-0.3, -0.25) is 4.99 Å². The summed E-state index contributed by atoms with van der Waals surface area (Å²) in [5.41, 5.74) is 1.04. The number of nitrogens with one attached hydrogen (secondary N) is 2. The highest BCUT2D eigenvalue weighted by Crippen LogP contribution is 2.35. The second-order valence-corrected chi connectivity index (χ2v) is 8.85. The molecule has 2 unspecified atom stereocenters. The predicted octanol–water partition coefficient (Wildman–Crippen LogP) is 2.41. The third kappa shape index (κ3) is 4.89. The van der Waals surface area contributed by atoms with Gasteiger partial charge in [-0.1, -0.05) is 25.0 Å². The van der Waals surface area contributed by atoms with Crippen LogP contribution < -0.4 is 10.0 Å². The molecule has 6 nitrogen and oxygen atoms in total. The molecule has 0 bridgehead atoms. The van der Waals surface area contributed by atoms with Crippen molar-refractivity contribution in [1.29, 1.82) is 0 Å². The van der Waals surface area contributed by atoms with Gasteiger partial charge in [0.05, 0.1) is 4.90 Å². The van der Waals surface area contributed by atoms with Gasteiger partial charge in [-0.2, -0.15) is 0 Å². The Balaban J connectivity index is 0.00000243. The van der Waals surface area contributed by atoms with E-state index in [1.807, 2.05) is 19.2 Å². The summed E-state index contributed by atoms with van der Waals surface area (Å²) in [7, 11) is -0.133. The van der Waals surface area contributed by atoms with Crippen molar-refractivity contribution in [3.8, 4) is 0 Å². The summed E-state index contributed by atoms with van der Waals surface area (Å²) in [6.07, 6.45) is 5.42. The van der Waals surface area contributed by atoms with Gasteiger partial charge in [0.2, 0.25) is 10.0 Å². The maximum atomic E-state index is 11.8. The fourth-order valence-corrected chi connectivity index (χ4v) is 4.73. The molecule has 3 rings (SSSR count). The number of benzene rings is 1. The largest absolute Gasteiger partial charge is 0.352 e. The predicted molar refractivity (Wildman–Crippen MR) is 115 cm³/mol. The Kier molecular flexibility index (Phi) is 7.72. The molecular weight excluding hydrogens is 463 g/mol. The van der Waals surface area contributed by atoms with Gasteiger partial charge in [-0.15, -0.1) is 24.0 Å². The zero-order valence-electron chi connectivity index (χ0n) is 15.4. The van der Waals surface area contributed by atoms with Crippen molar-refractivity contribution >= 4 is 40.0 Å². The molecule has 1 aromatic rings. The summed E-state index contributed by atoms with van der Waals surface area (Å²) in [6, 6.07) is 6.95. The van der Waals surface area contributed by atoms with E-state index in [9.17, 15) is 8.42 Å². The lowest BCUT2D eigenvalue weighted by atomic mass is 9.82. The number of guanidine groups is 1. The van der Waals surface area contributed by atoms with Crippen LogP contribution in [-0.4, -0.2) is 46.5 Å². The smallest absolute Gasteiger partial charge is 0.240 e. The first-order chi connectivity index (χ1) is 12.0. The van der Waals surface area contributed by atoms with E-state index in [1.165, 1.54) is 32.7 Å². The monoisotopic (exact) mass is 492 g/mol. The molecule has 0 aromatic heterocycles. The van der Waals surface area contributed by atoms with Gasteiger partial charge in [-0.25, -0.2) is 13.1 Å². The normalized spacial score (nSPS) is 23.3. The fraction of sp³-hybridized carbons (Fsp3) is 0.611. The second kappa shape index (κ2) is 9.36. The van der Waals surface area contributed by atoms with Crippen LogP contribution in [0.25, 0.3) is 0 Å². The number of likely N-dealkylation sites (tertiary alicyclic amines) is 1. The molecule has 1 saturated carbocycles. The Labute approximate surface area is 173 Å². The maximum absolute atomic E-state index is 11.8. The number of aliphatic imine (C=N–C) groups is 1. The number of halogens is 1. The number of sulfonamides is 1. The first kappa shape index (κ1) is 21.4. The van der Waals surface area contributed by atoms with Gasteiger partial charge >= 0.3 is 0 Å². The number of rotatable bonds is 4. The van der Waals surface area contributed by atoms with Crippen LogP contribution in [0.3, 0.4) is 0 Å². The van der Waals surface area contributed by atoms with Gasteiger partial charge in [0.1, 0.15) is 0 Å². The minimum absolute atomic E-state index is 0. The molecule has 0 amide bonds. The Hall–Kier alpha value is -0.870. The minimum atomic E-state index is -3.38. The molecule has 26 heavy (non-hydrogen) atoms. The second-order valence-electron chi connectivity index (χ2n) is 6.96. The van der Waals surface area contributed by atoms with Crippen molar-refractivity contribution in [2.24, 2.45) is 16.8 Å². The maximum Gasteiger partial charge on any atom is 0.240 e. The summed E-state index contributed by atoms with van der Waals surface area (Å²) in [4.78, 5) is 7.10. The van der Waals surface area contributed by atoms with Crippen LogP contribution in [0.5, 0.6) is 0 Å². The summed E-state index contributed by atoms with van der Waals surface area (Å²) in [5.74, 6) is 2.58. The van der Waals surface area contributed by atoms with Gasteiger partial charge < -0.3 is 10.2 Å². The van der Waals surface area contributed by atoms with Crippen LogP contribution in [-0.2, 0) is 16.6 Å². The first-order valence-corrected chi connectivity index (χ1v) is 10.5. The molecule has 146 valence electrons. The molecular formula is C18H29IN4O2S. The minimum Gasteiger partial charge on any atom is -0.352 e. The van der Waals surface area contributed by atoms with E-state index in [4.69, 9.17) is 0 Å². The van der Waals surface area contributed by atoms with Gasteiger partial charge in [-0.05, 0) is 49.4 Å². The highest BCUT2D eigenvalue weighted by atomic mass is 127. The Morgan fingerprint density at radius 1 is 1.15 bits per heavy atom. The summed E-state index contributed by atoms with van der Waals surface area (Å²) < 4.78 is 25.9. The van der Waals surface area contributed by atoms with Crippen molar-refractivity contribution in [3.63, 3.8) is 0 Å².